The van der Waals surface area contributed by atoms with Crippen molar-refractivity contribution in [2.24, 2.45) is 5.92 Å². The van der Waals surface area contributed by atoms with Gasteiger partial charge in [-0.25, -0.2) is 0 Å². The van der Waals surface area contributed by atoms with Crippen LogP contribution in [-0.4, -0.2) is 31.0 Å². The molecule has 33 heavy (non-hydrogen) atoms. The second-order valence-electron chi connectivity index (χ2n) is 8.65. The van der Waals surface area contributed by atoms with Crippen LogP contribution in [0.1, 0.15) is 49.3 Å². The van der Waals surface area contributed by atoms with E-state index in [-0.39, 0.29) is 12.6 Å². The summed E-state index contributed by atoms with van der Waals surface area (Å²) in [5, 5.41) is 9.92. The maximum absolute atomic E-state index is 13.2. The summed E-state index contributed by atoms with van der Waals surface area (Å²) in [5.74, 6) is 1.13. The molecule has 4 rings (SSSR count). The van der Waals surface area contributed by atoms with Gasteiger partial charge in [-0.3, -0.25) is 0 Å². The Bertz CT molecular complexity index is 947. The first-order valence-corrected chi connectivity index (χ1v) is 12.3. The first kappa shape index (κ1) is 24.2. The number of rotatable bonds is 7. The predicted molar refractivity (Wildman–Crippen MR) is 124 cm³/mol. The number of aliphatic hydroxyl groups excluding tert-OH is 1. The molecule has 2 aliphatic rings. The Hall–Kier alpha value is -1.90. The lowest BCUT2D eigenvalue weighted by molar-refractivity contribution is -0.137. The standard InChI is InChI=1S/C25H30F3NO3S/c1-2-21-5-3-18-13-20(25(26,27)28)4-7-23(18)29(21)33-22-6-8-24(19(14-22)15-30)32-16-17-9-11-31-12-10-17/h4,6-8,13-14,17,21,30H,2-3,5,9-12,15-16H2,1H3/t21-/m1/s1. The van der Waals surface area contributed by atoms with Crippen LogP contribution in [0.15, 0.2) is 41.3 Å². The van der Waals surface area contributed by atoms with Crippen LogP contribution in [0.5, 0.6) is 5.75 Å². The largest absolute Gasteiger partial charge is 0.493 e. The molecule has 0 aliphatic carbocycles. The van der Waals surface area contributed by atoms with Gasteiger partial charge < -0.3 is 18.9 Å². The molecule has 0 bridgehead atoms. The van der Waals surface area contributed by atoms with E-state index < -0.39 is 11.7 Å². The lowest BCUT2D eigenvalue weighted by Gasteiger charge is -2.37. The molecule has 1 saturated heterocycles. The van der Waals surface area contributed by atoms with E-state index in [9.17, 15) is 18.3 Å². The number of benzene rings is 2. The van der Waals surface area contributed by atoms with Gasteiger partial charge >= 0.3 is 6.18 Å². The van der Waals surface area contributed by atoms with Gasteiger partial charge in [-0.1, -0.05) is 6.92 Å². The third kappa shape index (κ3) is 5.78. The minimum atomic E-state index is -4.34. The van der Waals surface area contributed by atoms with Gasteiger partial charge in [-0.2, -0.15) is 13.2 Å². The van der Waals surface area contributed by atoms with Crippen LogP contribution >= 0.6 is 11.9 Å². The van der Waals surface area contributed by atoms with Crippen LogP contribution < -0.4 is 9.04 Å². The number of aliphatic hydroxyl groups is 1. The van der Waals surface area contributed by atoms with Gasteiger partial charge in [0.2, 0.25) is 0 Å². The molecule has 2 aromatic rings. The van der Waals surface area contributed by atoms with Gasteiger partial charge in [-0.05, 0) is 91.9 Å². The Morgan fingerprint density at radius 2 is 1.91 bits per heavy atom. The maximum atomic E-state index is 13.2. The summed E-state index contributed by atoms with van der Waals surface area (Å²) in [4.78, 5) is 0.920. The topological polar surface area (TPSA) is 41.9 Å². The van der Waals surface area contributed by atoms with Crippen molar-refractivity contribution in [1.82, 2.24) is 0 Å². The molecule has 2 aromatic carbocycles. The van der Waals surface area contributed by atoms with E-state index in [1.54, 1.807) is 6.07 Å². The third-order valence-corrected chi connectivity index (χ3v) is 7.57. The van der Waals surface area contributed by atoms with Gasteiger partial charge in [0.05, 0.1) is 24.5 Å². The molecule has 0 radical (unpaired) electrons. The highest BCUT2D eigenvalue weighted by Crippen LogP contribution is 2.42. The van der Waals surface area contributed by atoms with Gasteiger partial charge in [0.15, 0.2) is 0 Å². The predicted octanol–water partition coefficient (Wildman–Crippen LogP) is 6.24. The number of hydrogen-bond donors (Lipinski definition) is 1. The summed E-state index contributed by atoms with van der Waals surface area (Å²) in [6, 6.07) is 10.00. The van der Waals surface area contributed by atoms with E-state index in [1.165, 1.54) is 18.0 Å². The van der Waals surface area contributed by atoms with Crippen molar-refractivity contribution in [3.63, 3.8) is 0 Å². The molecule has 2 aliphatic heterocycles. The Kier molecular flexibility index (Phi) is 7.76. The summed E-state index contributed by atoms with van der Waals surface area (Å²) in [7, 11) is 0. The van der Waals surface area contributed by atoms with Crippen LogP contribution in [0.4, 0.5) is 18.9 Å². The fourth-order valence-electron chi connectivity index (χ4n) is 4.42. The second kappa shape index (κ2) is 10.6. The highest BCUT2D eigenvalue weighted by atomic mass is 32.2. The van der Waals surface area contributed by atoms with Crippen LogP contribution in [-0.2, 0) is 23.9 Å². The van der Waals surface area contributed by atoms with Crippen molar-refractivity contribution in [3.8, 4) is 5.75 Å². The van der Waals surface area contributed by atoms with Crippen molar-refractivity contribution in [2.75, 3.05) is 24.1 Å². The normalized spacial score (nSPS) is 19.4. The Morgan fingerprint density at radius 1 is 1.12 bits per heavy atom. The highest BCUT2D eigenvalue weighted by molar-refractivity contribution is 8.00. The van der Waals surface area contributed by atoms with Crippen molar-refractivity contribution in [3.05, 3.63) is 53.1 Å². The average Bonchev–Trinajstić information content (AvgIpc) is 2.83. The minimum absolute atomic E-state index is 0.139. The number of halogens is 3. The molecule has 1 N–H and O–H groups in total. The van der Waals surface area contributed by atoms with Crippen molar-refractivity contribution >= 4 is 17.6 Å². The molecule has 0 amide bonds. The Morgan fingerprint density at radius 3 is 2.61 bits per heavy atom. The number of fused-ring (bicyclic) bond motifs is 1. The lowest BCUT2D eigenvalue weighted by atomic mass is 9.95. The number of anilines is 1. The van der Waals surface area contributed by atoms with E-state index in [1.807, 2.05) is 18.2 Å². The number of nitrogens with zero attached hydrogens (tertiary/aromatic N) is 1. The van der Waals surface area contributed by atoms with Crippen LogP contribution in [0.25, 0.3) is 0 Å². The van der Waals surface area contributed by atoms with Gasteiger partial charge in [0.1, 0.15) is 5.75 Å². The molecule has 0 unspecified atom stereocenters. The van der Waals surface area contributed by atoms with Gasteiger partial charge in [-0.15, -0.1) is 0 Å². The molecule has 0 saturated carbocycles. The molecule has 1 fully saturated rings. The third-order valence-electron chi connectivity index (χ3n) is 6.42. The minimum Gasteiger partial charge on any atom is -0.493 e. The molecule has 8 heteroatoms. The first-order valence-electron chi connectivity index (χ1n) is 11.5. The number of alkyl halides is 3. The fourth-order valence-corrected chi connectivity index (χ4v) is 5.65. The zero-order valence-corrected chi connectivity index (χ0v) is 19.6. The summed E-state index contributed by atoms with van der Waals surface area (Å²) in [6.07, 6.45) is -0.0547. The first-order chi connectivity index (χ1) is 15.9. The quantitative estimate of drug-likeness (QED) is 0.474. The molecule has 0 aromatic heterocycles. The number of hydrogen-bond acceptors (Lipinski definition) is 5. The second-order valence-corrected chi connectivity index (χ2v) is 9.70. The van der Waals surface area contributed by atoms with Crippen molar-refractivity contribution in [2.45, 2.75) is 62.7 Å². The molecular formula is C25H30F3NO3S. The fraction of sp³-hybridized carbons (Fsp3) is 0.520. The Balaban J connectivity index is 1.52. The van der Waals surface area contributed by atoms with Crippen molar-refractivity contribution < 1.29 is 27.8 Å². The van der Waals surface area contributed by atoms with Crippen LogP contribution in [0.3, 0.4) is 0 Å². The highest BCUT2D eigenvalue weighted by Gasteiger charge is 2.33. The summed E-state index contributed by atoms with van der Waals surface area (Å²) in [6.45, 7) is 4.08. The maximum Gasteiger partial charge on any atom is 0.416 e. The number of aryl methyl sites for hydroxylation is 1. The zero-order valence-electron chi connectivity index (χ0n) is 18.7. The molecule has 180 valence electrons. The van der Waals surface area contributed by atoms with Crippen LogP contribution in [0.2, 0.25) is 0 Å². The van der Waals surface area contributed by atoms with E-state index >= 15 is 0 Å². The average molecular weight is 482 g/mol. The smallest absolute Gasteiger partial charge is 0.416 e. The Labute approximate surface area is 197 Å². The monoisotopic (exact) mass is 481 g/mol. The van der Waals surface area contributed by atoms with E-state index in [4.69, 9.17) is 9.47 Å². The summed E-state index contributed by atoms with van der Waals surface area (Å²) < 4.78 is 53.1. The van der Waals surface area contributed by atoms with E-state index in [0.717, 1.165) is 61.1 Å². The zero-order chi connectivity index (χ0) is 23.4. The van der Waals surface area contributed by atoms with E-state index in [2.05, 4.69) is 11.2 Å². The number of ether oxygens (including phenoxy) is 2. The molecule has 2 heterocycles. The van der Waals surface area contributed by atoms with Gasteiger partial charge in [0.25, 0.3) is 0 Å². The van der Waals surface area contributed by atoms with Crippen molar-refractivity contribution in [1.29, 1.82) is 0 Å². The summed E-state index contributed by atoms with van der Waals surface area (Å²) >= 11 is 1.51. The lowest BCUT2D eigenvalue weighted by Crippen LogP contribution is -2.33. The molecule has 4 nitrogen and oxygen atoms in total. The molecule has 1 atom stereocenters. The SMILES string of the molecule is CC[C@@H]1CCc2cc(C(F)(F)F)ccc2N1Sc1ccc(OCC2CCOCC2)c(CO)c1. The molecule has 0 spiro atoms. The van der Waals surface area contributed by atoms with E-state index in [0.29, 0.717) is 30.3 Å². The van der Waals surface area contributed by atoms with Crippen LogP contribution in [0, 0.1) is 5.92 Å². The van der Waals surface area contributed by atoms with Gasteiger partial charge in [0, 0.05) is 29.7 Å². The molecular weight excluding hydrogens is 451 g/mol. The summed E-state index contributed by atoms with van der Waals surface area (Å²) in [5.41, 5.74) is 1.66.